The predicted molar refractivity (Wildman–Crippen MR) is 77.4 cm³/mol. The van der Waals surface area contributed by atoms with Crippen LogP contribution in [0.5, 0.6) is 0 Å². The minimum Gasteiger partial charge on any atom is -0.444 e. The molecule has 0 spiro atoms. The molecule has 1 aromatic rings. The Morgan fingerprint density at radius 3 is 2.53 bits per heavy atom. The van der Waals surface area contributed by atoms with Crippen molar-refractivity contribution in [1.29, 1.82) is 0 Å². The van der Waals surface area contributed by atoms with E-state index in [0.29, 0.717) is 0 Å². The second-order valence-electron chi connectivity index (χ2n) is 5.19. The number of hydrazone groups is 1. The summed E-state index contributed by atoms with van der Waals surface area (Å²) in [5.41, 5.74) is 3.27. The van der Waals surface area contributed by atoms with Crippen molar-refractivity contribution in [3.05, 3.63) is 30.3 Å². The van der Waals surface area contributed by atoms with Crippen molar-refractivity contribution in [1.82, 2.24) is 5.32 Å². The maximum atomic E-state index is 11.5. The second-order valence-corrected chi connectivity index (χ2v) is 5.19. The Morgan fingerprint density at radius 2 is 1.95 bits per heavy atom. The molecule has 0 fully saturated rings. The fourth-order valence-electron chi connectivity index (χ4n) is 1.27. The number of nitrogens with zero attached hydrogens (tertiary/aromatic N) is 1. The molecule has 0 radical (unpaired) electrons. The number of nitrogens with one attached hydrogen (secondary N) is 2. The van der Waals surface area contributed by atoms with E-state index >= 15 is 0 Å². The number of carbonyl (C=O) groups is 1. The standard InChI is InChI=1S/C14H21N3O2/c1-11(16-13(18)19-14(2,3)4)10-15-17-12-8-6-5-7-9-12/h5-11,17H,1-4H3,(H,16,18)/b15-10-. The first-order valence-corrected chi connectivity index (χ1v) is 6.20. The van der Waals surface area contributed by atoms with Gasteiger partial charge < -0.3 is 10.1 Å². The Balaban J connectivity index is 2.35. The lowest BCUT2D eigenvalue weighted by atomic mass is 10.2. The number of ether oxygens (including phenoxy) is 1. The predicted octanol–water partition coefficient (Wildman–Crippen LogP) is 3.00. The zero-order valence-electron chi connectivity index (χ0n) is 11.8. The van der Waals surface area contributed by atoms with E-state index in [0.717, 1.165) is 5.69 Å². The van der Waals surface area contributed by atoms with Gasteiger partial charge in [0, 0.05) is 6.21 Å². The van der Waals surface area contributed by atoms with Gasteiger partial charge in [0.2, 0.25) is 0 Å². The van der Waals surface area contributed by atoms with Crippen LogP contribution in [0.2, 0.25) is 0 Å². The van der Waals surface area contributed by atoms with Crippen LogP contribution in [0, 0.1) is 0 Å². The van der Waals surface area contributed by atoms with E-state index in [-0.39, 0.29) is 6.04 Å². The number of rotatable bonds is 4. The highest BCUT2D eigenvalue weighted by Crippen LogP contribution is 2.06. The normalized spacial score (nSPS) is 13.1. The largest absolute Gasteiger partial charge is 0.444 e. The summed E-state index contributed by atoms with van der Waals surface area (Å²) in [5, 5.41) is 6.72. The first-order chi connectivity index (χ1) is 8.87. The summed E-state index contributed by atoms with van der Waals surface area (Å²) in [5.74, 6) is 0. The van der Waals surface area contributed by atoms with Gasteiger partial charge in [-0.3, -0.25) is 5.43 Å². The van der Waals surface area contributed by atoms with Gasteiger partial charge in [0.1, 0.15) is 5.60 Å². The van der Waals surface area contributed by atoms with Gasteiger partial charge in [-0.2, -0.15) is 5.10 Å². The number of para-hydroxylation sites is 1. The SMILES string of the molecule is CC(/C=N\Nc1ccccc1)NC(=O)OC(C)(C)C. The van der Waals surface area contributed by atoms with Crippen molar-refractivity contribution in [3.63, 3.8) is 0 Å². The van der Waals surface area contributed by atoms with Gasteiger partial charge in [0.05, 0.1) is 11.7 Å². The first-order valence-electron chi connectivity index (χ1n) is 6.20. The number of hydrogen-bond donors (Lipinski definition) is 2. The number of benzene rings is 1. The topological polar surface area (TPSA) is 62.7 Å². The van der Waals surface area contributed by atoms with E-state index in [2.05, 4.69) is 15.8 Å². The molecule has 0 aliphatic carbocycles. The van der Waals surface area contributed by atoms with Gasteiger partial charge >= 0.3 is 6.09 Å². The summed E-state index contributed by atoms with van der Waals surface area (Å²) in [6, 6.07) is 9.36. The molecule has 2 N–H and O–H groups in total. The summed E-state index contributed by atoms with van der Waals surface area (Å²) < 4.78 is 5.14. The fourth-order valence-corrected chi connectivity index (χ4v) is 1.27. The lowest BCUT2D eigenvalue weighted by Gasteiger charge is -2.20. The van der Waals surface area contributed by atoms with Crippen molar-refractivity contribution in [2.24, 2.45) is 5.10 Å². The number of hydrogen-bond acceptors (Lipinski definition) is 4. The molecule has 0 aliphatic heterocycles. The quantitative estimate of drug-likeness (QED) is 0.648. The summed E-state index contributed by atoms with van der Waals surface area (Å²) in [6.45, 7) is 7.28. The zero-order valence-corrected chi connectivity index (χ0v) is 11.8. The Morgan fingerprint density at radius 1 is 1.32 bits per heavy atom. The van der Waals surface area contributed by atoms with E-state index in [4.69, 9.17) is 4.74 Å². The molecule has 0 aromatic heterocycles. The van der Waals surface area contributed by atoms with Gasteiger partial charge in [0.25, 0.3) is 0 Å². The molecule has 5 heteroatoms. The van der Waals surface area contributed by atoms with E-state index in [1.807, 2.05) is 58.0 Å². The summed E-state index contributed by atoms with van der Waals surface area (Å²) in [6.07, 6.45) is 1.16. The molecular weight excluding hydrogens is 242 g/mol. The Hall–Kier alpha value is -2.04. The third kappa shape index (κ3) is 7.08. The Kier molecular flexibility index (Phi) is 5.36. The van der Waals surface area contributed by atoms with Crippen molar-refractivity contribution in [3.8, 4) is 0 Å². The molecular formula is C14H21N3O2. The highest BCUT2D eigenvalue weighted by Gasteiger charge is 2.16. The molecule has 0 aliphatic rings. The number of alkyl carbamates (subject to hydrolysis) is 1. The smallest absolute Gasteiger partial charge is 0.408 e. The van der Waals surface area contributed by atoms with Crippen LogP contribution in [0.4, 0.5) is 10.5 Å². The van der Waals surface area contributed by atoms with Gasteiger partial charge in [0.15, 0.2) is 0 Å². The lowest BCUT2D eigenvalue weighted by molar-refractivity contribution is 0.0522. The maximum Gasteiger partial charge on any atom is 0.408 e. The molecule has 1 unspecified atom stereocenters. The van der Waals surface area contributed by atoms with Gasteiger partial charge in [-0.1, -0.05) is 18.2 Å². The Labute approximate surface area is 114 Å². The van der Waals surface area contributed by atoms with Crippen molar-refractivity contribution in [2.75, 3.05) is 5.43 Å². The average Bonchev–Trinajstić information content (AvgIpc) is 2.27. The summed E-state index contributed by atoms with van der Waals surface area (Å²) in [7, 11) is 0. The Bertz CT molecular complexity index is 424. The van der Waals surface area contributed by atoms with Crippen LogP contribution in [0.15, 0.2) is 35.4 Å². The maximum absolute atomic E-state index is 11.5. The third-order valence-corrected chi connectivity index (χ3v) is 2.01. The molecule has 0 heterocycles. The minimum atomic E-state index is -0.497. The molecule has 19 heavy (non-hydrogen) atoms. The van der Waals surface area contributed by atoms with E-state index in [1.165, 1.54) is 0 Å². The highest BCUT2D eigenvalue weighted by atomic mass is 16.6. The van der Waals surface area contributed by atoms with E-state index in [9.17, 15) is 4.79 Å². The molecule has 1 rings (SSSR count). The summed E-state index contributed by atoms with van der Waals surface area (Å²) >= 11 is 0. The van der Waals surface area contributed by atoms with Crippen LogP contribution < -0.4 is 10.7 Å². The lowest BCUT2D eigenvalue weighted by Crippen LogP contribution is -2.38. The molecule has 1 aromatic carbocycles. The third-order valence-electron chi connectivity index (χ3n) is 2.01. The van der Waals surface area contributed by atoms with E-state index < -0.39 is 11.7 Å². The first kappa shape index (κ1) is 15.0. The van der Waals surface area contributed by atoms with Crippen LogP contribution >= 0.6 is 0 Å². The van der Waals surface area contributed by atoms with Gasteiger partial charge in [-0.15, -0.1) is 0 Å². The van der Waals surface area contributed by atoms with E-state index in [1.54, 1.807) is 6.21 Å². The van der Waals surface area contributed by atoms with Crippen LogP contribution in [0.3, 0.4) is 0 Å². The molecule has 104 valence electrons. The molecule has 5 nitrogen and oxygen atoms in total. The minimum absolute atomic E-state index is 0.217. The van der Waals surface area contributed by atoms with Crippen LogP contribution in [0.25, 0.3) is 0 Å². The van der Waals surface area contributed by atoms with Crippen LogP contribution in [-0.2, 0) is 4.74 Å². The second kappa shape index (κ2) is 6.78. The van der Waals surface area contributed by atoms with Crippen molar-refractivity contribution in [2.45, 2.75) is 39.3 Å². The molecule has 0 saturated heterocycles. The van der Waals surface area contributed by atoms with Gasteiger partial charge in [-0.25, -0.2) is 4.79 Å². The van der Waals surface area contributed by atoms with Gasteiger partial charge in [-0.05, 0) is 39.8 Å². The van der Waals surface area contributed by atoms with Crippen LogP contribution in [0.1, 0.15) is 27.7 Å². The van der Waals surface area contributed by atoms with Crippen molar-refractivity contribution < 1.29 is 9.53 Å². The van der Waals surface area contributed by atoms with Crippen molar-refractivity contribution >= 4 is 18.0 Å². The molecule has 0 saturated carbocycles. The molecule has 1 amide bonds. The molecule has 0 bridgehead atoms. The summed E-state index contributed by atoms with van der Waals surface area (Å²) in [4.78, 5) is 11.5. The zero-order chi connectivity index (χ0) is 14.3. The number of amides is 1. The number of carbonyl (C=O) groups excluding carboxylic acids is 1. The number of anilines is 1. The average molecular weight is 263 g/mol. The highest BCUT2D eigenvalue weighted by molar-refractivity contribution is 5.75. The monoisotopic (exact) mass is 263 g/mol. The van der Waals surface area contributed by atoms with Crippen LogP contribution in [-0.4, -0.2) is 24.0 Å². The fraction of sp³-hybridized carbons (Fsp3) is 0.429. The molecule has 1 atom stereocenters.